The van der Waals surface area contributed by atoms with Gasteiger partial charge >= 0.3 is 5.97 Å². The van der Waals surface area contributed by atoms with Crippen LogP contribution in [0.2, 0.25) is 0 Å². The maximum Gasteiger partial charge on any atom is 0.331 e. The van der Waals surface area contributed by atoms with Crippen LogP contribution in [-0.4, -0.2) is 173 Å². The van der Waals surface area contributed by atoms with E-state index in [4.69, 9.17) is 47.4 Å². The summed E-state index contributed by atoms with van der Waals surface area (Å²) in [6.45, 7) is 10.9. The number of carbonyl (C=O) groups excluding carboxylic acids is 1. The highest BCUT2D eigenvalue weighted by atomic mass is 16.8. The van der Waals surface area contributed by atoms with E-state index < -0.39 is 126 Å². The molecule has 0 radical (unpaired) electrons. The number of aliphatic hydroxyl groups excluding tert-OH is 3. The summed E-state index contributed by atoms with van der Waals surface area (Å²) in [7, 11) is 4.63. The second kappa shape index (κ2) is 20.0. The molecule has 17 nitrogen and oxygen atoms in total. The molecule has 1 aromatic rings. The molecule has 23 atom stereocenters. The standard InChI is InChI=1S/C51H78O17/c1-27-41(54)45(61-9)42(55)46(64-27)68-44-29(3)63-40(25-35(44)60-8)67-43-28(2)62-39(24-34(43)59-7)66-33-18-19-47(5)32(23-33)17-20-50(57)36(47)26-37(52)48(6)49(56,21-22-51(48,50)58)30(4)65-38(53)16-15-31-13-11-10-12-14-31/h10-16,27-30,32-37,39-46,52,54-58H,17-26H2,1-9H3/b16-15+/t27-,28-,29-,30?,32?,33?,34+,35-,36?,37?,39+,40+,41-,42-,43-,44-,45-,46+,47?,48?,49?,50?,51?/m1/s1. The first-order chi connectivity index (χ1) is 32.2. The minimum absolute atomic E-state index is 0.0353. The van der Waals surface area contributed by atoms with Crippen LogP contribution in [0, 0.1) is 22.7 Å². The van der Waals surface area contributed by atoms with Crippen LogP contribution in [0.1, 0.15) is 111 Å². The summed E-state index contributed by atoms with van der Waals surface area (Å²) in [5.41, 5.74) is -6.50. The fourth-order valence-corrected chi connectivity index (χ4v) is 14.0. The smallest absolute Gasteiger partial charge is 0.331 e. The van der Waals surface area contributed by atoms with Gasteiger partial charge in [-0.25, -0.2) is 4.79 Å². The quantitative estimate of drug-likeness (QED) is 0.0944. The molecule has 0 spiro atoms. The van der Waals surface area contributed by atoms with Gasteiger partial charge in [-0.15, -0.1) is 0 Å². The minimum Gasteiger partial charge on any atom is -0.456 e. The van der Waals surface area contributed by atoms with Crippen molar-refractivity contribution in [3.63, 3.8) is 0 Å². The van der Waals surface area contributed by atoms with Gasteiger partial charge in [-0.1, -0.05) is 44.2 Å². The number of benzene rings is 1. The van der Waals surface area contributed by atoms with Gasteiger partial charge in [-0.3, -0.25) is 0 Å². The Hall–Kier alpha value is -2.17. The van der Waals surface area contributed by atoms with Crippen LogP contribution in [0.3, 0.4) is 0 Å². The summed E-state index contributed by atoms with van der Waals surface area (Å²) in [4.78, 5) is 13.0. The largest absolute Gasteiger partial charge is 0.456 e. The van der Waals surface area contributed by atoms with E-state index in [2.05, 4.69) is 6.92 Å². The Morgan fingerprint density at radius 2 is 1.35 bits per heavy atom. The Balaban J connectivity index is 0.869. The van der Waals surface area contributed by atoms with E-state index in [1.807, 2.05) is 44.2 Å². The lowest BCUT2D eigenvalue weighted by Crippen LogP contribution is -2.79. The van der Waals surface area contributed by atoms with Crippen molar-refractivity contribution in [3.05, 3.63) is 42.0 Å². The Labute approximate surface area is 400 Å². The number of methoxy groups -OCH3 is 3. The molecule has 0 bridgehead atoms. The fourth-order valence-electron chi connectivity index (χ4n) is 14.0. The number of aliphatic hydroxyl groups is 6. The monoisotopic (exact) mass is 963 g/mol. The molecular weight excluding hydrogens is 885 g/mol. The van der Waals surface area contributed by atoms with E-state index in [0.717, 1.165) is 5.56 Å². The Bertz CT molecular complexity index is 1910. The van der Waals surface area contributed by atoms with Gasteiger partial charge in [0.05, 0.1) is 53.7 Å². The molecule has 8 rings (SSSR count). The van der Waals surface area contributed by atoms with Gasteiger partial charge in [0.15, 0.2) is 18.9 Å². The average Bonchev–Trinajstić information content (AvgIpc) is 3.54. The molecule has 1 aromatic carbocycles. The lowest BCUT2D eigenvalue weighted by molar-refractivity contribution is -0.353. The first-order valence-electron chi connectivity index (χ1n) is 24.8. The topological polar surface area (TPSA) is 231 Å². The highest BCUT2D eigenvalue weighted by Crippen LogP contribution is 2.72. The maximum absolute atomic E-state index is 13.0. The van der Waals surface area contributed by atoms with Gasteiger partial charge in [0.2, 0.25) is 0 Å². The number of fused-ring (bicyclic) bond motifs is 5. The molecule has 0 amide bonds. The lowest BCUT2D eigenvalue weighted by Gasteiger charge is -2.69. The zero-order valence-corrected chi connectivity index (χ0v) is 41.2. The second-order valence-electron chi connectivity index (χ2n) is 21.5. The molecule has 4 aliphatic carbocycles. The molecule has 384 valence electrons. The van der Waals surface area contributed by atoms with Gasteiger partial charge in [0.25, 0.3) is 0 Å². The minimum atomic E-state index is -1.86. The first-order valence-corrected chi connectivity index (χ1v) is 24.8. The van der Waals surface area contributed by atoms with E-state index >= 15 is 0 Å². The zero-order chi connectivity index (χ0) is 49.1. The fraction of sp³-hybridized carbons (Fsp3) is 0.824. The van der Waals surface area contributed by atoms with Crippen molar-refractivity contribution in [3.8, 4) is 0 Å². The molecule has 3 heterocycles. The number of carbonyl (C=O) groups is 1. The van der Waals surface area contributed by atoms with Crippen molar-refractivity contribution in [2.24, 2.45) is 22.7 Å². The third-order valence-corrected chi connectivity index (χ3v) is 18.2. The molecule has 10 unspecified atom stereocenters. The van der Waals surface area contributed by atoms with Crippen LogP contribution in [0.5, 0.6) is 0 Å². The Morgan fingerprint density at radius 1 is 0.721 bits per heavy atom. The van der Waals surface area contributed by atoms with E-state index in [0.29, 0.717) is 38.5 Å². The molecule has 17 heteroatoms. The van der Waals surface area contributed by atoms with Gasteiger partial charge in [0, 0.05) is 40.2 Å². The van der Waals surface area contributed by atoms with Crippen LogP contribution in [0.15, 0.2) is 36.4 Å². The van der Waals surface area contributed by atoms with Crippen LogP contribution in [-0.2, 0) is 52.2 Å². The predicted molar refractivity (Wildman–Crippen MR) is 243 cm³/mol. The van der Waals surface area contributed by atoms with Gasteiger partial charge < -0.3 is 78.0 Å². The van der Waals surface area contributed by atoms with Crippen molar-refractivity contribution >= 4 is 12.0 Å². The van der Waals surface area contributed by atoms with E-state index in [9.17, 15) is 35.4 Å². The van der Waals surface area contributed by atoms with Crippen LogP contribution < -0.4 is 0 Å². The number of hydrogen-bond acceptors (Lipinski definition) is 17. The number of hydrogen-bond donors (Lipinski definition) is 6. The number of esters is 1. The SMILES string of the molecule is CO[C@H]1[C@@H](O)[C@H](O[C@@H]2[C@@H](C)O[C@@H](O[C@H]3[C@@H](OC)C[C@H](OC4CCC5(C)C(CCC6(O)C5CC(O)C5(C)C(O)(C(C)OC(=O)/C=C/c7ccccc7)CCC65O)C4)O[C@@H]3C)C[C@H]2OC)O[C@H](C)[C@H]1O. The van der Waals surface area contributed by atoms with Crippen molar-refractivity contribution in [1.29, 1.82) is 0 Å². The van der Waals surface area contributed by atoms with Crippen LogP contribution in [0.25, 0.3) is 6.08 Å². The second-order valence-corrected chi connectivity index (χ2v) is 21.5. The van der Waals surface area contributed by atoms with Crippen molar-refractivity contribution in [2.75, 3.05) is 21.3 Å². The first kappa shape index (κ1) is 52.2. The molecule has 3 saturated heterocycles. The van der Waals surface area contributed by atoms with Gasteiger partial charge in [-0.05, 0) is 108 Å². The molecule has 68 heavy (non-hydrogen) atoms. The van der Waals surface area contributed by atoms with Crippen LogP contribution in [0.4, 0.5) is 0 Å². The molecule has 3 aliphatic heterocycles. The highest BCUT2D eigenvalue weighted by Gasteiger charge is 2.81. The van der Waals surface area contributed by atoms with Crippen LogP contribution >= 0.6 is 0 Å². The maximum atomic E-state index is 13.0. The van der Waals surface area contributed by atoms with E-state index in [1.165, 1.54) is 13.2 Å². The van der Waals surface area contributed by atoms with E-state index in [-0.39, 0.29) is 43.8 Å². The average molecular weight is 963 g/mol. The molecule has 4 saturated carbocycles. The summed E-state index contributed by atoms with van der Waals surface area (Å²) in [6.07, 6.45) is -4.62. The van der Waals surface area contributed by atoms with Crippen molar-refractivity contribution in [2.45, 2.75) is 221 Å². The Kier molecular flexibility index (Phi) is 15.4. The number of ether oxygens (including phenoxy) is 10. The summed E-state index contributed by atoms with van der Waals surface area (Å²) < 4.78 is 61.2. The van der Waals surface area contributed by atoms with Crippen molar-refractivity contribution in [1.82, 2.24) is 0 Å². The van der Waals surface area contributed by atoms with Gasteiger partial charge in [-0.2, -0.15) is 0 Å². The van der Waals surface area contributed by atoms with Gasteiger partial charge in [0.1, 0.15) is 47.8 Å². The summed E-state index contributed by atoms with van der Waals surface area (Å²) in [6, 6.07) is 9.31. The molecule has 7 fully saturated rings. The third kappa shape index (κ3) is 8.84. The Morgan fingerprint density at radius 3 is 1.99 bits per heavy atom. The van der Waals surface area contributed by atoms with E-state index in [1.54, 1.807) is 41.1 Å². The normalized spacial score (nSPS) is 50.0. The molecular formula is C51H78O17. The number of rotatable bonds is 13. The summed E-state index contributed by atoms with van der Waals surface area (Å²) in [5, 5.41) is 71.7. The molecule has 0 aromatic heterocycles. The lowest BCUT2D eigenvalue weighted by atomic mass is 9.40. The molecule has 7 aliphatic rings. The summed E-state index contributed by atoms with van der Waals surface area (Å²) in [5.74, 6) is -0.994. The molecule has 6 N–H and O–H groups in total. The third-order valence-electron chi connectivity index (χ3n) is 18.2. The predicted octanol–water partition coefficient (Wildman–Crippen LogP) is 3.54. The zero-order valence-electron chi connectivity index (χ0n) is 41.2. The van der Waals surface area contributed by atoms with Crippen molar-refractivity contribution < 1.29 is 82.8 Å². The highest BCUT2D eigenvalue weighted by molar-refractivity contribution is 5.87. The summed E-state index contributed by atoms with van der Waals surface area (Å²) >= 11 is 0.